The van der Waals surface area contributed by atoms with Crippen molar-refractivity contribution < 1.29 is 18.7 Å². The van der Waals surface area contributed by atoms with E-state index in [1.54, 1.807) is 24.3 Å². The van der Waals surface area contributed by atoms with Crippen molar-refractivity contribution >= 4 is 17.1 Å². The first-order chi connectivity index (χ1) is 9.63. The number of para-hydroxylation sites is 1. The van der Waals surface area contributed by atoms with Crippen LogP contribution in [0, 0.1) is 5.82 Å². The molecule has 5 heteroatoms. The molecular formula is C15H10FNO3. The van der Waals surface area contributed by atoms with Crippen molar-refractivity contribution in [1.82, 2.24) is 4.98 Å². The van der Waals surface area contributed by atoms with Gasteiger partial charge in [0.25, 0.3) is 0 Å². The van der Waals surface area contributed by atoms with E-state index >= 15 is 0 Å². The van der Waals surface area contributed by atoms with Gasteiger partial charge in [0.2, 0.25) is 0 Å². The Hall–Kier alpha value is -2.69. The highest BCUT2D eigenvalue weighted by Gasteiger charge is 2.14. The molecule has 0 fully saturated rings. The van der Waals surface area contributed by atoms with Gasteiger partial charge in [-0.15, -0.1) is 0 Å². The van der Waals surface area contributed by atoms with E-state index in [2.05, 4.69) is 4.98 Å². The first-order valence-corrected chi connectivity index (χ1v) is 5.99. The van der Waals surface area contributed by atoms with Gasteiger partial charge in [-0.25, -0.2) is 14.2 Å². The van der Waals surface area contributed by atoms with E-state index in [4.69, 9.17) is 9.52 Å². The van der Waals surface area contributed by atoms with Crippen LogP contribution in [0.2, 0.25) is 0 Å². The van der Waals surface area contributed by atoms with Crippen molar-refractivity contribution in [2.24, 2.45) is 0 Å². The summed E-state index contributed by atoms with van der Waals surface area (Å²) in [5.74, 6) is -1.02. The van der Waals surface area contributed by atoms with Crippen LogP contribution in [0.15, 0.2) is 46.9 Å². The smallest absolute Gasteiger partial charge is 0.338 e. The molecule has 3 aromatic rings. The monoisotopic (exact) mass is 271 g/mol. The molecule has 1 aromatic heterocycles. The van der Waals surface area contributed by atoms with Crippen molar-refractivity contribution in [1.29, 1.82) is 0 Å². The average molecular weight is 271 g/mol. The predicted molar refractivity (Wildman–Crippen MR) is 70.2 cm³/mol. The zero-order valence-corrected chi connectivity index (χ0v) is 10.3. The van der Waals surface area contributed by atoms with Crippen molar-refractivity contribution in [2.75, 3.05) is 0 Å². The number of hydrogen-bond donors (Lipinski definition) is 1. The molecule has 0 amide bonds. The molecule has 0 aliphatic heterocycles. The molecule has 3 rings (SSSR count). The molecule has 0 spiro atoms. The van der Waals surface area contributed by atoms with Crippen LogP contribution in [0.3, 0.4) is 0 Å². The van der Waals surface area contributed by atoms with E-state index in [0.717, 1.165) is 0 Å². The molecule has 20 heavy (non-hydrogen) atoms. The fraction of sp³-hybridized carbons (Fsp3) is 0.0667. The van der Waals surface area contributed by atoms with Gasteiger partial charge in [0.1, 0.15) is 11.3 Å². The molecule has 2 aromatic carbocycles. The number of hydrogen-bond acceptors (Lipinski definition) is 3. The summed E-state index contributed by atoms with van der Waals surface area (Å²) in [6.45, 7) is 0. The van der Waals surface area contributed by atoms with Gasteiger partial charge in [0, 0.05) is 6.42 Å². The van der Waals surface area contributed by atoms with E-state index in [-0.39, 0.29) is 11.4 Å². The number of oxazole rings is 1. The highest BCUT2D eigenvalue weighted by atomic mass is 19.1. The van der Waals surface area contributed by atoms with Crippen molar-refractivity contribution in [3.63, 3.8) is 0 Å². The van der Waals surface area contributed by atoms with Gasteiger partial charge in [-0.3, -0.25) is 0 Å². The van der Waals surface area contributed by atoms with Crippen LogP contribution >= 0.6 is 0 Å². The maximum Gasteiger partial charge on any atom is 0.338 e. The number of carboxylic acid groups (broad SMARTS) is 1. The van der Waals surface area contributed by atoms with Gasteiger partial charge < -0.3 is 9.52 Å². The lowest BCUT2D eigenvalue weighted by atomic mass is 10.1. The Morgan fingerprint density at radius 1 is 1.25 bits per heavy atom. The van der Waals surface area contributed by atoms with Gasteiger partial charge in [0.15, 0.2) is 11.5 Å². The third-order valence-electron chi connectivity index (χ3n) is 2.94. The highest BCUT2D eigenvalue weighted by Crippen LogP contribution is 2.21. The van der Waals surface area contributed by atoms with Gasteiger partial charge in [-0.05, 0) is 29.8 Å². The molecule has 0 aliphatic carbocycles. The first kappa shape index (κ1) is 12.3. The normalized spacial score (nSPS) is 10.8. The van der Waals surface area contributed by atoms with Gasteiger partial charge in [0.05, 0.1) is 5.56 Å². The topological polar surface area (TPSA) is 63.3 Å². The molecule has 0 aliphatic rings. The largest absolute Gasteiger partial charge is 0.478 e. The summed E-state index contributed by atoms with van der Waals surface area (Å²) in [5, 5.41) is 9.09. The lowest BCUT2D eigenvalue weighted by molar-refractivity contribution is 0.0699. The van der Waals surface area contributed by atoms with Crippen molar-refractivity contribution in [3.05, 3.63) is 65.3 Å². The number of fused-ring (bicyclic) bond motifs is 1. The predicted octanol–water partition coefficient (Wildman–Crippen LogP) is 3.26. The van der Waals surface area contributed by atoms with E-state index in [1.807, 2.05) is 0 Å². The maximum atomic E-state index is 13.1. The van der Waals surface area contributed by atoms with E-state index < -0.39 is 5.97 Å². The van der Waals surface area contributed by atoms with Crippen molar-refractivity contribution in [3.8, 4) is 0 Å². The molecule has 0 saturated carbocycles. The number of aromatic nitrogens is 1. The summed E-state index contributed by atoms with van der Waals surface area (Å²) in [6.07, 6.45) is 0.311. The fourth-order valence-corrected chi connectivity index (χ4v) is 2.06. The zero-order chi connectivity index (χ0) is 14.1. The van der Waals surface area contributed by atoms with Gasteiger partial charge in [-0.2, -0.15) is 0 Å². The van der Waals surface area contributed by atoms with Crippen molar-refractivity contribution in [2.45, 2.75) is 6.42 Å². The molecule has 0 radical (unpaired) electrons. The molecule has 100 valence electrons. The minimum Gasteiger partial charge on any atom is -0.478 e. The van der Waals surface area contributed by atoms with E-state index in [9.17, 15) is 9.18 Å². The van der Waals surface area contributed by atoms with Gasteiger partial charge in [-0.1, -0.05) is 18.2 Å². The summed E-state index contributed by atoms with van der Waals surface area (Å²) >= 11 is 0. The van der Waals surface area contributed by atoms with Crippen LogP contribution in [0.5, 0.6) is 0 Å². The second-order valence-electron chi connectivity index (χ2n) is 4.37. The summed E-state index contributed by atoms with van der Waals surface area (Å²) in [5.41, 5.74) is 1.54. The summed E-state index contributed by atoms with van der Waals surface area (Å²) in [4.78, 5) is 15.3. The number of aromatic carboxylic acids is 1. The second-order valence-corrected chi connectivity index (χ2v) is 4.37. The Morgan fingerprint density at radius 2 is 2.05 bits per heavy atom. The number of halogens is 1. The Bertz CT molecular complexity index is 795. The Labute approximate surface area is 113 Å². The number of benzene rings is 2. The third kappa shape index (κ3) is 2.25. The minimum atomic E-state index is -1.05. The summed E-state index contributed by atoms with van der Waals surface area (Å²) < 4.78 is 18.6. The maximum absolute atomic E-state index is 13.1. The standard InChI is InChI=1S/C15H10FNO3/c16-10-4-1-3-9(7-10)8-13-17-14-11(15(18)19)5-2-6-12(14)20-13/h1-7H,8H2,(H,18,19). The zero-order valence-electron chi connectivity index (χ0n) is 10.3. The number of carbonyl (C=O) groups is 1. The molecule has 1 heterocycles. The van der Waals surface area contributed by atoms with Crippen LogP contribution in [0.4, 0.5) is 4.39 Å². The van der Waals surface area contributed by atoms with E-state index in [0.29, 0.717) is 29.0 Å². The Balaban J connectivity index is 2.01. The molecule has 1 N–H and O–H groups in total. The summed E-state index contributed by atoms with van der Waals surface area (Å²) in [6, 6.07) is 10.9. The second kappa shape index (κ2) is 4.77. The first-order valence-electron chi connectivity index (χ1n) is 5.99. The molecule has 4 nitrogen and oxygen atoms in total. The third-order valence-corrected chi connectivity index (χ3v) is 2.94. The fourth-order valence-electron chi connectivity index (χ4n) is 2.06. The Kier molecular flexibility index (Phi) is 2.95. The number of nitrogens with zero attached hydrogens (tertiary/aromatic N) is 1. The average Bonchev–Trinajstić information content (AvgIpc) is 2.80. The van der Waals surface area contributed by atoms with Crippen LogP contribution in [0.1, 0.15) is 21.8 Å². The lowest BCUT2D eigenvalue weighted by Crippen LogP contribution is -1.97. The molecule has 0 atom stereocenters. The van der Waals surface area contributed by atoms with Crippen LogP contribution in [-0.2, 0) is 6.42 Å². The lowest BCUT2D eigenvalue weighted by Gasteiger charge is -1.96. The summed E-state index contributed by atoms with van der Waals surface area (Å²) in [7, 11) is 0. The van der Waals surface area contributed by atoms with Crippen LogP contribution < -0.4 is 0 Å². The Morgan fingerprint density at radius 3 is 2.80 bits per heavy atom. The quantitative estimate of drug-likeness (QED) is 0.794. The molecular weight excluding hydrogens is 261 g/mol. The van der Waals surface area contributed by atoms with Crippen LogP contribution in [0.25, 0.3) is 11.1 Å². The van der Waals surface area contributed by atoms with E-state index in [1.165, 1.54) is 18.2 Å². The molecule has 0 bridgehead atoms. The molecule has 0 saturated heterocycles. The minimum absolute atomic E-state index is 0.0942. The number of rotatable bonds is 3. The van der Waals surface area contributed by atoms with Crippen LogP contribution in [-0.4, -0.2) is 16.1 Å². The molecule has 0 unspecified atom stereocenters. The van der Waals surface area contributed by atoms with Gasteiger partial charge >= 0.3 is 5.97 Å². The highest BCUT2D eigenvalue weighted by molar-refractivity contribution is 6.00. The SMILES string of the molecule is O=C(O)c1cccc2oc(Cc3cccc(F)c3)nc12. The number of carboxylic acids is 1.